The van der Waals surface area contributed by atoms with E-state index in [4.69, 9.17) is 5.73 Å². The van der Waals surface area contributed by atoms with Crippen LogP contribution in [0.3, 0.4) is 0 Å². The predicted molar refractivity (Wildman–Crippen MR) is 82.7 cm³/mol. The van der Waals surface area contributed by atoms with E-state index < -0.39 is 5.91 Å². The van der Waals surface area contributed by atoms with E-state index >= 15 is 0 Å². The molecule has 108 valence electrons. The molecule has 0 aromatic heterocycles. The third-order valence-corrected chi connectivity index (χ3v) is 4.39. The van der Waals surface area contributed by atoms with Gasteiger partial charge >= 0.3 is 0 Å². The third-order valence-electron chi connectivity index (χ3n) is 4.39. The number of fused-ring (bicyclic) bond motifs is 1. The van der Waals surface area contributed by atoms with E-state index in [2.05, 4.69) is 0 Å². The average molecular weight is 281 g/mol. The Morgan fingerprint density at radius 3 is 2.67 bits per heavy atom. The van der Waals surface area contributed by atoms with E-state index in [0.717, 1.165) is 42.4 Å². The normalized spacial score (nSPS) is 18.8. The number of Topliss-reactive ketones (excluding diaryl/α,β-unsaturated/α-hetero) is 1. The van der Waals surface area contributed by atoms with E-state index in [0.29, 0.717) is 12.0 Å². The van der Waals surface area contributed by atoms with E-state index in [1.54, 1.807) is 6.07 Å². The number of primary amides is 1. The molecule has 0 saturated heterocycles. The molecule has 0 spiro atoms. The summed E-state index contributed by atoms with van der Waals surface area (Å²) in [5, 5.41) is 0. The highest BCUT2D eigenvalue weighted by Gasteiger charge is 2.29. The lowest BCUT2D eigenvalue weighted by Crippen LogP contribution is -2.10. The Morgan fingerprint density at radius 1 is 1.14 bits per heavy atom. The smallest absolute Gasteiger partial charge is 0.248 e. The Balaban J connectivity index is 2.09. The molecule has 0 unspecified atom stereocenters. The highest BCUT2D eigenvalue weighted by atomic mass is 16.1. The first-order chi connectivity index (χ1) is 10.1. The summed E-state index contributed by atoms with van der Waals surface area (Å²) in [5.74, 6) is -0.136. The standard InChI is InChI=1S/C18H19NO2/c1-11-9-15(12-5-4-6-13(10-12)18(19)21)14-7-2-3-8-16(20)17(11)14/h4-6,10H,2-3,7-9H2,1H3,(H2,19,21). The number of hydrogen-bond acceptors (Lipinski definition) is 2. The van der Waals surface area contributed by atoms with Crippen molar-refractivity contribution in [2.24, 2.45) is 5.73 Å². The van der Waals surface area contributed by atoms with Crippen molar-refractivity contribution in [3.8, 4) is 0 Å². The van der Waals surface area contributed by atoms with Gasteiger partial charge in [0.2, 0.25) is 5.91 Å². The van der Waals surface area contributed by atoms with Crippen molar-refractivity contribution in [3.05, 3.63) is 52.1 Å². The molecule has 3 rings (SSSR count). The zero-order chi connectivity index (χ0) is 15.0. The highest BCUT2D eigenvalue weighted by Crippen LogP contribution is 2.43. The van der Waals surface area contributed by atoms with Crippen LogP contribution in [-0.4, -0.2) is 11.7 Å². The molecule has 2 N–H and O–H groups in total. The van der Waals surface area contributed by atoms with Gasteiger partial charge in [0.15, 0.2) is 5.78 Å². The first-order valence-electron chi connectivity index (χ1n) is 7.43. The average Bonchev–Trinajstić information content (AvgIpc) is 2.67. The number of amides is 1. The van der Waals surface area contributed by atoms with Gasteiger partial charge in [0, 0.05) is 17.6 Å². The highest BCUT2D eigenvalue weighted by molar-refractivity contribution is 6.05. The fourth-order valence-corrected chi connectivity index (χ4v) is 3.40. The lowest BCUT2D eigenvalue weighted by molar-refractivity contribution is -0.115. The van der Waals surface area contributed by atoms with E-state index in [9.17, 15) is 9.59 Å². The van der Waals surface area contributed by atoms with Crippen molar-refractivity contribution >= 4 is 17.3 Å². The molecule has 0 radical (unpaired) electrons. The molecule has 1 fully saturated rings. The molecule has 3 heteroatoms. The first-order valence-corrected chi connectivity index (χ1v) is 7.43. The van der Waals surface area contributed by atoms with Crippen molar-refractivity contribution in [2.45, 2.75) is 39.0 Å². The molecule has 1 saturated carbocycles. The van der Waals surface area contributed by atoms with Gasteiger partial charge in [0.05, 0.1) is 0 Å². The molecule has 1 amide bonds. The van der Waals surface area contributed by atoms with Crippen LogP contribution < -0.4 is 5.73 Å². The van der Waals surface area contributed by atoms with Gasteiger partial charge in [0.25, 0.3) is 0 Å². The van der Waals surface area contributed by atoms with Gasteiger partial charge in [-0.3, -0.25) is 9.59 Å². The molecule has 3 nitrogen and oxygen atoms in total. The minimum Gasteiger partial charge on any atom is -0.366 e. The second-order valence-corrected chi connectivity index (χ2v) is 5.86. The number of benzene rings is 1. The second kappa shape index (κ2) is 5.32. The van der Waals surface area contributed by atoms with E-state index in [-0.39, 0.29) is 5.78 Å². The Hall–Kier alpha value is -2.16. The molecule has 0 aliphatic heterocycles. The van der Waals surface area contributed by atoms with Crippen LogP contribution in [0, 0.1) is 0 Å². The molecule has 2 aliphatic rings. The first kappa shape index (κ1) is 13.8. The van der Waals surface area contributed by atoms with Crippen LogP contribution in [0.1, 0.15) is 54.9 Å². The monoisotopic (exact) mass is 281 g/mol. The van der Waals surface area contributed by atoms with Crippen LogP contribution in [0.5, 0.6) is 0 Å². The zero-order valence-corrected chi connectivity index (χ0v) is 12.2. The fourth-order valence-electron chi connectivity index (χ4n) is 3.40. The molecule has 0 bridgehead atoms. The quantitative estimate of drug-likeness (QED) is 0.903. The van der Waals surface area contributed by atoms with Crippen molar-refractivity contribution in [1.82, 2.24) is 0 Å². The number of allylic oxidation sites excluding steroid dienone is 4. The Morgan fingerprint density at radius 2 is 1.90 bits per heavy atom. The maximum absolute atomic E-state index is 12.3. The molecule has 2 aliphatic carbocycles. The predicted octanol–water partition coefficient (Wildman–Crippen LogP) is 3.40. The van der Waals surface area contributed by atoms with Crippen LogP contribution in [0.25, 0.3) is 5.57 Å². The van der Waals surface area contributed by atoms with E-state index in [1.165, 1.54) is 11.1 Å². The Bertz CT molecular complexity index is 695. The summed E-state index contributed by atoms with van der Waals surface area (Å²) in [4.78, 5) is 23.7. The van der Waals surface area contributed by atoms with Crippen molar-refractivity contribution in [3.63, 3.8) is 0 Å². The van der Waals surface area contributed by atoms with Gasteiger partial charge in [-0.2, -0.15) is 0 Å². The van der Waals surface area contributed by atoms with Crippen LogP contribution in [-0.2, 0) is 4.79 Å². The number of ketones is 1. The Labute approximate surface area is 124 Å². The third kappa shape index (κ3) is 2.44. The minimum atomic E-state index is -0.415. The van der Waals surface area contributed by atoms with Gasteiger partial charge in [-0.25, -0.2) is 0 Å². The van der Waals surface area contributed by atoms with Gasteiger partial charge in [-0.05, 0) is 61.4 Å². The molecule has 0 heterocycles. The van der Waals surface area contributed by atoms with Crippen molar-refractivity contribution in [1.29, 1.82) is 0 Å². The summed E-state index contributed by atoms with van der Waals surface area (Å²) >= 11 is 0. The lowest BCUT2D eigenvalue weighted by Gasteiger charge is -2.09. The summed E-state index contributed by atoms with van der Waals surface area (Å²) in [6.07, 6.45) is 4.43. The number of carbonyl (C=O) groups excluding carboxylic acids is 2. The molecule has 21 heavy (non-hydrogen) atoms. The lowest BCUT2D eigenvalue weighted by atomic mass is 9.95. The van der Waals surface area contributed by atoms with Crippen LogP contribution in [0.4, 0.5) is 0 Å². The summed E-state index contributed by atoms with van der Waals surface area (Å²) < 4.78 is 0. The van der Waals surface area contributed by atoms with Crippen molar-refractivity contribution in [2.75, 3.05) is 0 Å². The maximum atomic E-state index is 12.3. The summed E-state index contributed by atoms with van der Waals surface area (Å²) in [6, 6.07) is 7.43. The zero-order valence-electron chi connectivity index (χ0n) is 12.2. The topological polar surface area (TPSA) is 60.2 Å². The van der Waals surface area contributed by atoms with Crippen LogP contribution in [0.15, 0.2) is 41.0 Å². The van der Waals surface area contributed by atoms with Gasteiger partial charge in [0.1, 0.15) is 0 Å². The molecule has 1 aromatic rings. The van der Waals surface area contributed by atoms with Crippen molar-refractivity contribution < 1.29 is 9.59 Å². The largest absolute Gasteiger partial charge is 0.366 e. The molecule has 1 aromatic carbocycles. The minimum absolute atomic E-state index is 0.279. The Kier molecular flexibility index (Phi) is 3.50. The van der Waals surface area contributed by atoms with Gasteiger partial charge in [-0.1, -0.05) is 17.7 Å². The number of carbonyl (C=O) groups is 2. The van der Waals surface area contributed by atoms with Crippen LogP contribution in [0.2, 0.25) is 0 Å². The second-order valence-electron chi connectivity index (χ2n) is 5.86. The van der Waals surface area contributed by atoms with Gasteiger partial charge in [-0.15, -0.1) is 0 Å². The van der Waals surface area contributed by atoms with Crippen LogP contribution >= 0.6 is 0 Å². The fraction of sp³-hybridized carbons (Fsp3) is 0.333. The number of rotatable bonds is 2. The summed E-state index contributed by atoms with van der Waals surface area (Å²) in [5.41, 5.74) is 11.4. The van der Waals surface area contributed by atoms with Gasteiger partial charge < -0.3 is 5.73 Å². The number of nitrogens with two attached hydrogens (primary N) is 1. The van der Waals surface area contributed by atoms with E-state index in [1.807, 2.05) is 25.1 Å². The molecule has 0 atom stereocenters. The summed E-state index contributed by atoms with van der Waals surface area (Å²) in [6.45, 7) is 2.05. The SMILES string of the molecule is CC1=C2C(=O)CCCCC2=C(c2cccc(C(N)=O)c2)C1. The molecular weight excluding hydrogens is 262 g/mol. The maximum Gasteiger partial charge on any atom is 0.248 e. The number of hydrogen-bond donors (Lipinski definition) is 1. The summed E-state index contributed by atoms with van der Waals surface area (Å²) in [7, 11) is 0. The molecular formula is C18H19NO2.